The van der Waals surface area contributed by atoms with Gasteiger partial charge in [0.25, 0.3) is 0 Å². The highest BCUT2D eigenvalue weighted by Gasteiger charge is 2.10. The first-order valence-electron chi connectivity index (χ1n) is 6.63. The third kappa shape index (κ3) is 4.11. The largest absolute Gasteiger partial charge is 0.495 e. The second kappa shape index (κ2) is 7.13. The van der Waals surface area contributed by atoms with E-state index in [9.17, 15) is 9.18 Å². The molecular formula is C16H16ClFN2O2. The summed E-state index contributed by atoms with van der Waals surface area (Å²) in [6, 6.07) is 9.30. The molecule has 4 nitrogen and oxygen atoms in total. The fraction of sp³-hybridized carbons (Fsp3) is 0.188. The molecule has 0 heterocycles. The van der Waals surface area contributed by atoms with Crippen LogP contribution in [0.5, 0.6) is 5.75 Å². The van der Waals surface area contributed by atoms with Crippen LogP contribution in [0.15, 0.2) is 36.4 Å². The van der Waals surface area contributed by atoms with Crippen molar-refractivity contribution in [1.82, 2.24) is 0 Å². The van der Waals surface area contributed by atoms with Crippen molar-refractivity contribution < 1.29 is 13.9 Å². The van der Waals surface area contributed by atoms with Gasteiger partial charge in [-0.3, -0.25) is 4.79 Å². The van der Waals surface area contributed by atoms with E-state index in [-0.39, 0.29) is 18.3 Å². The van der Waals surface area contributed by atoms with Gasteiger partial charge in [-0.05, 0) is 36.8 Å². The van der Waals surface area contributed by atoms with Gasteiger partial charge < -0.3 is 15.4 Å². The number of aryl methyl sites for hydroxylation is 1. The number of carbonyl (C=O) groups excluding carboxylic acids is 1. The lowest BCUT2D eigenvalue weighted by atomic mass is 10.2. The Balaban J connectivity index is 2.01. The number of hydrogen-bond acceptors (Lipinski definition) is 3. The molecule has 0 saturated carbocycles. The molecule has 0 aliphatic heterocycles. The van der Waals surface area contributed by atoms with E-state index < -0.39 is 0 Å². The van der Waals surface area contributed by atoms with Gasteiger partial charge in [0.2, 0.25) is 5.91 Å². The number of halogens is 2. The minimum atomic E-state index is -0.361. The first-order chi connectivity index (χ1) is 10.5. The van der Waals surface area contributed by atoms with Crippen LogP contribution in [0, 0.1) is 12.7 Å². The van der Waals surface area contributed by atoms with Crippen LogP contribution in [0.1, 0.15) is 5.56 Å². The number of amides is 1. The van der Waals surface area contributed by atoms with Gasteiger partial charge in [-0.25, -0.2) is 4.39 Å². The van der Waals surface area contributed by atoms with Crippen molar-refractivity contribution >= 4 is 28.9 Å². The zero-order chi connectivity index (χ0) is 16.1. The van der Waals surface area contributed by atoms with Gasteiger partial charge in [-0.2, -0.15) is 0 Å². The molecule has 0 unspecified atom stereocenters. The van der Waals surface area contributed by atoms with Crippen LogP contribution in [0.2, 0.25) is 5.02 Å². The number of hydrogen-bond donors (Lipinski definition) is 2. The molecular weight excluding hydrogens is 307 g/mol. The van der Waals surface area contributed by atoms with Gasteiger partial charge in [0.05, 0.1) is 19.3 Å². The maximum absolute atomic E-state index is 13.0. The summed E-state index contributed by atoms with van der Waals surface area (Å²) in [6.07, 6.45) is 0. The highest BCUT2D eigenvalue weighted by atomic mass is 35.5. The van der Waals surface area contributed by atoms with E-state index in [1.807, 2.05) is 6.92 Å². The molecule has 2 N–H and O–H groups in total. The monoisotopic (exact) mass is 322 g/mol. The van der Waals surface area contributed by atoms with E-state index in [0.717, 1.165) is 5.56 Å². The van der Waals surface area contributed by atoms with Crippen molar-refractivity contribution in [3.8, 4) is 5.75 Å². The molecule has 2 rings (SSSR count). The van der Waals surface area contributed by atoms with Crippen LogP contribution in [0.25, 0.3) is 0 Å². The third-order valence-corrected chi connectivity index (χ3v) is 3.44. The van der Waals surface area contributed by atoms with Gasteiger partial charge in [0, 0.05) is 16.8 Å². The molecule has 116 valence electrons. The number of nitrogens with one attached hydrogen (secondary N) is 2. The summed E-state index contributed by atoms with van der Waals surface area (Å²) in [5, 5.41) is 6.15. The van der Waals surface area contributed by atoms with Gasteiger partial charge >= 0.3 is 0 Å². The van der Waals surface area contributed by atoms with Crippen molar-refractivity contribution in [2.24, 2.45) is 0 Å². The topological polar surface area (TPSA) is 50.4 Å². The lowest BCUT2D eigenvalue weighted by Crippen LogP contribution is -2.22. The summed E-state index contributed by atoms with van der Waals surface area (Å²) in [6.45, 7) is 1.84. The predicted molar refractivity (Wildman–Crippen MR) is 86.3 cm³/mol. The SMILES string of the molecule is COc1cc(Cl)c(C)cc1NC(=O)CNc1cccc(F)c1. The maximum Gasteiger partial charge on any atom is 0.243 e. The summed E-state index contributed by atoms with van der Waals surface area (Å²) in [4.78, 5) is 12.0. The number of benzene rings is 2. The van der Waals surface area contributed by atoms with E-state index in [1.54, 1.807) is 24.3 Å². The molecule has 2 aromatic carbocycles. The van der Waals surface area contributed by atoms with Crippen LogP contribution in [0.4, 0.5) is 15.8 Å². The quantitative estimate of drug-likeness (QED) is 0.879. The van der Waals surface area contributed by atoms with Crippen LogP contribution in [0.3, 0.4) is 0 Å². The second-order valence-corrected chi connectivity index (χ2v) is 5.12. The lowest BCUT2D eigenvalue weighted by Gasteiger charge is -2.13. The number of rotatable bonds is 5. The first kappa shape index (κ1) is 16.1. The Morgan fingerprint density at radius 3 is 2.77 bits per heavy atom. The molecule has 22 heavy (non-hydrogen) atoms. The third-order valence-electron chi connectivity index (χ3n) is 3.03. The van der Waals surface area contributed by atoms with Crippen LogP contribution in [-0.4, -0.2) is 19.6 Å². The summed E-state index contributed by atoms with van der Waals surface area (Å²) >= 11 is 6.02. The zero-order valence-electron chi connectivity index (χ0n) is 12.2. The normalized spacial score (nSPS) is 10.2. The van der Waals surface area contributed by atoms with Crippen molar-refractivity contribution in [2.45, 2.75) is 6.92 Å². The Bertz CT molecular complexity index is 692. The van der Waals surface area contributed by atoms with Gasteiger partial charge in [-0.15, -0.1) is 0 Å². The van der Waals surface area contributed by atoms with Crippen molar-refractivity contribution in [1.29, 1.82) is 0 Å². The molecule has 0 radical (unpaired) electrons. The van der Waals surface area contributed by atoms with E-state index in [1.165, 1.54) is 19.2 Å². The predicted octanol–water partition coefficient (Wildman–Crippen LogP) is 3.85. The molecule has 0 spiro atoms. The van der Waals surface area contributed by atoms with Crippen molar-refractivity contribution in [2.75, 3.05) is 24.3 Å². The summed E-state index contributed by atoms with van der Waals surface area (Å²) in [7, 11) is 1.50. The standard InChI is InChI=1S/C16H16ClFN2O2/c1-10-6-14(15(22-2)8-13(10)17)20-16(21)9-19-12-5-3-4-11(18)7-12/h3-8,19H,9H2,1-2H3,(H,20,21). The Kier molecular flexibility index (Phi) is 5.22. The molecule has 0 saturated heterocycles. The minimum Gasteiger partial charge on any atom is -0.495 e. The molecule has 0 atom stereocenters. The fourth-order valence-corrected chi connectivity index (χ4v) is 2.06. The molecule has 0 aromatic heterocycles. The van der Waals surface area contributed by atoms with E-state index >= 15 is 0 Å². The number of methoxy groups -OCH3 is 1. The highest BCUT2D eigenvalue weighted by Crippen LogP contribution is 2.30. The molecule has 0 aliphatic rings. The van der Waals surface area contributed by atoms with Crippen LogP contribution in [-0.2, 0) is 4.79 Å². The van der Waals surface area contributed by atoms with Crippen molar-refractivity contribution in [3.05, 3.63) is 52.8 Å². The van der Waals surface area contributed by atoms with E-state index in [2.05, 4.69) is 10.6 Å². The van der Waals surface area contributed by atoms with Gasteiger partial charge in [-0.1, -0.05) is 17.7 Å². The molecule has 6 heteroatoms. The number of carbonyl (C=O) groups is 1. The lowest BCUT2D eigenvalue weighted by molar-refractivity contribution is -0.114. The molecule has 1 amide bonds. The second-order valence-electron chi connectivity index (χ2n) is 4.71. The first-order valence-corrected chi connectivity index (χ1v) is 7.01. The Morgan fingerprint density at radius 2 is 2.09 bits per heavy atom. The van der Waals surface area contributed by atoms with Gasteiger partial charge in [0.1, 0.15) is 11.6 Å². The zero-order valence-corrected chi connectivity index (χ0v) is 13.0. The van der Waals surface area contributed by atoms with E-state index in [4.69, 9.17) is 16.3 Å². The highest BCUT2D eigenvalue weighted by molar-refractivity contribution is 6.31. The Labute approximate surface area is 133 Å². The fourth-order valence-electron chi connectivity index (χ4n) is 1.91. The van der Waals surface area contributed by atoms with Crippen LogP contribution < -0.4 is 15.4 Å². The summed E-state index contributed by atoms with van der Waals surface area (Å²) in [5.74, 6) is -0.153. The Morgan fingerprint density at radius 1 is 1.32 bits per heavy atom. The molecule has 0 fully saturated rings. The average Bonchev–Trinajstić information content (AvgIpc) is 2.49. The van der Waals surface area contributed by atoms with E-state index in [0.29, 0.717) is 22.1 Å². The number of ether oxygens (including phenoxy) is 1. The average molecular weight is 323 g/mol. The summed E-state index contributed by atoms with van der Waals surface area (Å²) in [5.41, 5.74) is 1.90. The maximum atomic E-state index is 13.0. The van der Waals surface area contributed by atoms with Crippen molar-refractivity contribution in [3.63, 3.8) is 0 Å². The molecule has 0 bridgehead atoms. The molecule has 2 aromatic rings. The van der Waals surface area contributed by atoms with Crippen LogP contribution >= 0.6 is 11.6 Å². The minimum absolute atomic E-state index is 0.00822. The molecule has 0 aliphatic carbocycles. The number of anilines is 2. The smallest absolute Gasteiger partial charge is 0.243 e. The summed E-state index contributed by atoms with van der Waals surface area (Å²) < 4.78 is 18.2. The van der Waals surface area contributed by atoms with Gasteiger partial charge in [0.15, 0.2) is 0 Å². The Hall–Kier alpha value is -2.27.